The van der Waals surface area contributed by atoms with Crippen LogP contribution in [0.3, 0.4) is 0 Å². The Morgan fingerprint density at radius 3 is 2.50 bits per heavy atom. The Bertz CT molecular complexity index is 911. The highest BCUT2D eigenvalue weighted by Gasteiger charge is 2.48. The predicted molar refractivity (Wildman–Crippen MR) is 98.6 cm³/mol. The average molecular weight is 371 g/mol. The Morgan fingerprint density at radius 1 is 1.08 bits per heavy atom. The number of nitrogens with one attached hydrogen (secondary N) is 2. The molecule has 1 aliphatic rings. The third kappa shape index (κ3) is 3.86. The van der Waals surface area contributed by atoms with Gasteiger partial charge in [0.1, 0.15) is 10.9 Å². The van der Waals surface area contributed by atoms with Gasteiger partial charge in [0.05, 0.1) is 0 Å². The van der Waals surface area contributed by atoms with Crippen molar-refractivity contribution in [2.24, 2.45) is 0 Å². The van der Waals surface area contributed by atoms with Gasteiger partial charge < -0.3 is 15.5 Å². The topological polar surface area (TPSA) is 116 Å². The molecule has 2 aromatic carbocycles. The van der Waals surface area contributed by atoms with Crippen LogP contribution in [0, 0.1) is 0 Å². The van der Waals surface area contributed by atoms with Crippen LogP contribution in [0.15, 0.2) is 53.4 Å². The van der Waals surface area contributed by atoms with E-state index in [1.165, 1.54) is 24.3 Å². The lowest BCUT2D eigenvalue weighted by Crippen LogP contribution is -2.28. The minimum atomic E-state index is -1.25. The predicted octanol–water partition coefficient (Wildman–Crippen LogP) is 1.95. The van der Waals surface area contributed by atoms with Crippen molar-refractivity contribution < 1.29 is 24.6 Å². The van der Waals surface area contributed by atoms with Gasteiger partial charge in [0.25, 0.3) is 5.91 Å². The van der Waals surface area contributed by atoms with Gasteiger partial charge in [-0.3, -0.25) is 9.59 Å². The standard InChI is InChI=1S/C18H14N2O5S/c21-13-7-6-11(8-14(13)22)9-15-17(24)20-18(25)26(15)10-16(23)19-12-4-2-1-3-5-12/h1-9H,10H2,(H3-,19,20,21,22,23,24,25)/p+1. The van der Waals surface area contributed by atoms with Crippen molar-refractivity contribution in [1.82, 2.24) is 5.32 Å². The number of anilines is 1. The number of amides is 3. The highest BCUT2D eigenvalue weighted by Crippen LogP contribution is 2.28. The molecule has 1 unspecified atom stereocenters. The van der Waals surface area contributed by atoms with E-state index in [2.05, 4.69) is 10.6 Å². The van der Waals surface area contributed by atoms with Crippen LogP contribution in [0.5, 0.6) is 11.5 Å². The summed E-state index contributed by atoms with van der Waals surface area (Å²) in [5.74, 6) is -1.75. The van der Waals surface area contributed by atoms with Gasteiger partial charge in [0.15, 0.2) is 11.5 Å². The van der Waals surface area contributed by atoms with Crippen LogP contribution in [-0.2, 0) is 20.5 Å². The quantitative estimate of drug-likeness (QED) is 0.372. The van der Waals surface area contributed by atoms with Crippen LogP contribution < -0.4 is 10.6 Å². The van der Waals surface area contributed by atoms with Gasteiger partial charge in [-0.2, -0.15) is 0 Å². The molecule has 26 heavy (non-hydrogen) atoms. The number of hydrogen-bond acceptors (Lipinski definition) is 5. The number of phenols is 2. The zero-order valence-corrected chi connectivity index (χ0v) is 14.2. The number of hydrogen-bond donors (Lipinski definition) is 4. The van der Waals surface area contributed by atoms with E-state index in [-0.39, 0.29) is 28.1 Å². The molecule has 0 saturated carbocycles. The van der Waals surface area contributed by atoms with E-state index in [9.17, 15) is 24.6 Å². The first-order valence-electron chi connectivity index (χ1n) is 7.59. The number of carbonyl (C=O) groups is 3. The fourth-order valence-corrected chi connectivity index (χ4v) is 3.93. The Morgan fingerprint density at radius 2 is 1.81 bits per heavy atom. The van der Waals surface area contributed by atoms with Gasteiger partial charge in [-0.25, -0.2) is 10.1 Å². The molecule has 3 amide bonds. The summed E-state index contributed by atoms with van der Waals surface area (Å²) in [5.41, 5.74) is 1.03. The number of rotatable bonds is 4. The summed E-state index contributed by atoms with van der Waals surface area (Å²) >= 11 is 0. The first kappa shape index (κ1) is 17.6. The van der Waals surface area contributed by atoms with Crippen LogP contribution in [0.25, 0.3) is 6.08 Å². The van der Waals surface area contributed by atoms with Crippen molar-refractivity contribution in [1.29, 1.82) is 0 Å². The molecule has 1 saturated heterocycles. The second kappa shape index (κ2) is 7.32. The molecule has 0 aliphatic carbocycles. The van der Waals surface area contributed by atoms with E-state index in [0.29, 0.717) is 11.3 Å². The van der Waals surface area contributed by atoms with Gasteiger partial charge in [-0.05, 0) is 29.8 Å². The maximum absolute atomic E-state index is 12.2. The molecule has 0 bridgehead atoms. The van der Waals surface area contributed by atoms with Crippen molar-refractivity contribution >= 4 is 39.7 Å². The van der Waals surface area contributed by atoms with Crippen LogP contribution in [-0.4, -0.2) is 33.0 Å². The highest BCUT2D eigenvalue weighted by atomic mass is 32.2. The summed E-state index contributed by atoms with van der Waals surface area (Å²) in [6.07, 6.45) is 1.43. The molecule has 7 nitrogen and oxygen atoms in total. The van der Waals surface area contributed by atoms with E-state index in [1.54, 1.807) is 24.3 Å². The second-order valence-corrected chi connectivity index (χ2v) is 7.33. The summed E-state index contributed by atoms with van der Waals surface area (Å²) in [6.45, 7) is 0. The molecular formula is C18H15N2O5S+. The number of benzene rings is 2. The van der Waals surface area contributed by atoms with Crippen molar-refractivity contribution in [3.05, 3.63) is 59.0 Å². The number of carbonyl (C=O) groups excluding carboxylic acids is 3. The minimum absolute atomic E-state index is 0.156. The third-order valence-electron chi connectivity index (χ3n) is 3.56. The molecule has 1 atom stereocenters. The lowest BCUT2D eigenvalue weighted by atomic mass is 10.2. The second-order valence-electron chi connectivity index (χ2n) is 5.45. The average Bonchev–Trinajstić information content (AvgIpc) is 2.86. The van der Waals surface area contributed by atoms with E-state index in [1.807, 2.05) is 6.07 Å². The fraction of sp³-hybridized carbons (Fsp3) is 0.0556. The van der Waals surface area contributed by atoms with Crippen LogP contribution in [0.1, 0.15) is 5.56 Å². The fourth-order valence-electron chi connectivity index (χ4n) is 2.34. The van der Waals surface area contributed by atoms with Crippen LogP contribution in [0.2, 0.25) is 0 Å². The van der Waals surface area contributed by atoms with Crippen molar-refractivity contribution in [2.45, 2.75) is 0 Å². The third-order valence-corrected chi connectivity index (χ3v) is 5.49. The largest absolute Gasteiger partial charge is 0.504 e. The molecule has 0 aromatic heterocycles. The van der Waals surface area contributed by atoms with Gasteiger partial charge in [0, 0.05) is 11.8 Å². The lowest BCUT2D eigenvalue weighted by molar-refractivity contribution is -0.115. The summed E-state index contributed by atoms with van der Waals surface area (Å²) in [6, 6.07) is 12.8. The van der Waals surface area contributed by atoms with Crippen LogP contribution >= 0.6 is 0 Å². The normalized spacial score (nSPS) is 18.0. The van der Waals surface area contributed by atoms with E-state index < -0.39 is 22.0 Å². The zero-order chi connectivity index (χ0) is 18.7. The van der Waals surface area contributed by atoms with Crippen molar-refractivity contribution in [2.75, 3.05) is 11.1 Å². The highest BCUT2D eigenvalue weighted by molar-refractivity contribution is 8.16. The number of para-hydroxylation sites is 1. The zero-order valence-electron chi connectivity index (χ0n) is 13.4. The number of imide groups is 1. The molecule has 3 rings (SSSR count). The van der Waals surface area contributed by atoms with Gasteiger partial charge in [-0.1, -0.05) is 24.3 Å². The summed E-state index contributed by atoms with van der Waals surface area (Å²) in [5, 5.41) is 23.3. The van der Waals surface area contributed by atoms with Crippen molar-refractivity contribution in [3.8, 4) is 11.5 Å². The smallest absolute Gasteiger partial charge is 0.442 e. The molecule has 0 radical (unpaired) electrons. The number of phenolic OH excluding ortho intramolecular Hbond substituents is 2. The van der Waals surface area contributed by atoms with Gasteiger partial charge >= 0.3 is 11.1 Å². The molecule has 1 fully saturated rings. The Hall–Kier alpha value is -3.26. The van der Waals surface area contributed by atoms with E-state index >= 15 is 0 Å². The maximum Gasteiger partial charge on any atom is 0.442 e. The maximum atomic E-state index is 12.2. The summed E-state index contributed by atoms with van der Waals surface area (Å²) in [7, 11) is -1.25. The first-order chi connectivity index (χ1) is 12.4. The van der Waals surface area contributed by atoms with Crippen LogP contribution in [0.4, 0.5) is 10.5 Å². The molecule has 4 N–H and O–H groups in total. The lowest BCUT2D eigenvalue weighted by Gasteiger charge is -2.03. The number of aromatic hydroxyl groups is 2. The van der Waals surface area contributed by atoms with E-state index in [4.69, 9.17) is 0 Å². The molecule has 1 aliphatic heterocycles. The minimum Gasteiger partial charge on any atom is -0.504 e. The monoisotopic (exact) mass is 371 g/mol. The Balaban J connectivity index is 1.80. The van der Waals surface area contributed by atoms with Crippen molar-refractivity contribution in [3.63, 3.8) is 0 Å². The first-order valence-corrected chi connectivity index (χ1v) is 8.98. The molecule has 132 valence electrons. The molecule has 2 aromatic rings. The molecule has 0 spiro atoms. The SMILES string of the molecule is O=C(C[S+]1C(=O)NC(=O)C1=Cc1ccc(O)c(O)c1)Nc1ccccc1. The molecule has 8 heteroatoms. The summed E-state index contributed by atoms with van der Waals surface area (Å²) in [4.78, 5) is 36.5. The Labute approximate surface area is 151 Å². The molecule has 1 heterocycles. The molecular weight excluding hydrogens is 356 g/mol. The van der Waals surface area contributed by atoms with Gasteiger partial charge in [-0.15, -0.1) is 0 Å². The Kier molecular flexibility index (Phi) is 4.94. The van der Waals surface area contributed by atoms with Gasteiger partial charge in [0.2, 0.25) is 10.7 Å². The van der Waals surface area contributed by atoms with E-state index in [0.717, 1.165) is 0 Å². The summed E-state index contributed by atoms with van der Waals surface area (Å²) < 4.78 is 0.